The molecule has 0 aliphatic heterocycles. The van der Waals surface area contributed by atoms with Gasteiger partial charge < -0.3 is 10.2 Å². The highest BCUT2D eigenvalue weighted by Crippen LogP contribution is 2.27. The maximum Gasteiger partial charge on any atom is 0.264 e. The number of likely N-dealkylation sites (N-methyl/N-ethyl adjacent to an activating group) is 1. The molecular weight excluding hydrogens is 605 g/mol. The fraction of sp³-hybridized carbons (Fsp3) is 0.212. The third kappa shape index (κ3) is 8.38. The van der Waals surface area contributed by atoms with Crippen LogP contribution in [0, 0.1) is 6.92 Å². The predicted molar refractivity (Wildman–Crippen MR) is 172 cm³/mol. The molecule has 4 rings (SSSR count). The molecule has 224 valence electrons. The van der Waals surface area contributed by atoms with Crippen LogP contribution >= 0.6 is 23.2 Å². The molecule has 7 nitrogen and oxygen atoms in total. The van der Waals surface area contributed by atoms with Gasteiger partial charge in [-0.3, -0.25) is 13.9 Å². The Morgan fingerprint density at radius 1 is 0.814 bits per heavy atom. The molecule has 4 aromatic carbocycles. The molecule has 0 fully saturated rings. The molecule has 1 atom stereocenters. The number of carbonyl (C=O) groups excluding carboxylic acids is 2. The number of sulfonamides is 1. The monoisotopic (exact) mass is 637 g/mol. The van der Waals surface area contributed by atoms with Gasteiger partial charge in [0.25, 0.3) is 10.0 Å². The van der Waals surface area contributed by atoms with E-state index in [-0.39, 0.29) is 29.5 Å². The molecule has 0 saturated heterocycles. The third-order valence-electron chi connectivity index (χ3n) is 6.87. The van der Waals surface area contributed by atoms with Crippen molar-refractivity contribution in [3.63, 3.8) is 0 Å². The highest BCUT2D eigenvalue weighted by molar-refractivity contribution is 7.92. The number of anilines is 1. The molecule has 2 amide bonds. The number of halogens is 2. The smallest absolute Gasteiger partial charge is 0.264 e. The van der Waals surface area contributed by atoms with Crippen molar-refractivity contribution < 1.29 is 18.0 Å². The molecule has 0 heterocycles. The summed E-state index contributed by atoms with van der Waals surface area (Å²) in [5.74, 6) is -0.904. The fourth-order valence-corrected chi connectivity index (χ4v) is 6.40. The Hall–Kier alpha value is -3.85. The molecule has 1 unspecified atom stereocenters. The van der Waals surface area contributed by atoms with Crippen LogP contribution in [0.2, 0.25) is 10.0 Å². The summed E-state index contributed by atoms with van der Waals surface area (Å²) in [4.78, 5) is 29.3. The Bertz CT molecular complexity index is 1650. The van der Waals surface area contributed by atoms with Crippen molar-refractivity contribution in [2.75, 3.05) is 17.4 Å². The van der Waals surface area contributed by atoms with Gasteiger partial charge in [-0.2, -0.15) is 0 Å². The maximum atomic E-state index is 14.3. The number of aryl methyl sites for hydroxylation is 1. The van der Waals surface area contributed by atoms with E-state index >= 15 is 0 Å². The van der Waals surface area contributed by atoms with Crippen LogP contribution < -0.4 is 9.62 Å². The lowest BCUT2D eigenvalue weighted by Gasteiger charge is -2.34. The minimum absolute atomic E-state index is 0.0341. The normalized spacial score (nSPS) is 11.9. The van der Waals surface area contributed by atoms with Crippen molar-refractivity contribution in [3.05, 3.63) is 130 Å². The first-order valence-electron chi connectivity index (χ1n) is 13.8. The number of hydrogen-bond donors (Lipinski definition) is 1. The summed E-state index contributed by atoms with van der Waals surface area (Å²) >= 11 is 12.4. The summed E-state index contributed by atoms with van der Waals surface area (Å²) in [6, 6.07) is 28.1. The van der Waals surface area contributed by atoms with Gasteiger partial charge in [0.05, 0.1) is 10.6 Å². The predicted octanol–water partition coefficient (Wildman–Crippen LogP) is 6.27. The standard InChI is InChI=1S/C33H33Cl2N3O4S/c1-3-36-33(40)31(21-25-8-5-4-6-9-25)37(22-26-10-7-11-28(35)20-26)32(39)23-38(29-16-14-27(34)15-17-29)43(41,42)30-18-12-24(2)13-19-30/h4-20,31H,3,21-23H2,1-2H3,(H,36,40). The van der Waals surface area contributed by atoms with Gasteiger partial charge in [-0.05, 0) is 73.5 Å². The van der Waals surface area contributed by atoms with Crippen LogP contribution in [0.15, 0.2) is 108 Å². The molecule has 43 heavy (non-hydrogen) atoms. The zero-order valence-corrected chi connectivity index (χ0v) is 26.2. The lowest BCUT2D eigenvalue weighted by molar-refractivity contribution is -0.140. The largest absolute Gasteiger partial charge is 0.355 e. The summed E-state index contributed by atoms with van der Waals surface area (Å²) < 4.78 is 29.1. The van der Waals surface area contributed by atoms with Gasteiger partial charge in [0, 0.05) is 29.6 Å². The van der Waals surface area contributed by atoms with Crippen molar-refractivity contribution in [2.45, 2.75) is 37.8 Å². The zero-order valence-electron chi connectivity index (χ0n) is 23.9. The molecule has 0 saturated carbocycles. The van der Waals surface area contributed by atoms with Gasteiger partial charge >= 0.3 is 0 Å². The molecular formula is C33H33Cl2N3O4S. The van der Waals surface area contributed by atoms with E-state index in [4.69, 9.17) is 23.2 Å². The van der Waals surface area contributed by atoms with Gasteiger partial charge in [-0.15, -0.1) is 0 Å². The highest BCUT2D eigenvalue weighted by atomic mass is 35.5. The fourth-order valence-electron chi connectivity index (χ4n) is 4.65. The van der Waals surface area contributed by atoms with Crippen LogP contribution in [0.3, 0.4) is 0 Å². The number of benzene rings is 4. The molecule has 0 aliphatic rings. The molecule has 4 aromatic rings. The van der Waals surface area contributed by atoms with Gasteiger partial charge in [0.1, 0.15) is 12.6 Å². The van der Waals surface area contributed by atoms with Gasteiger partial charge in [-0.25, -0.2) is 8.42 Å². The number of amides is 2. The van der Waals surface area contributed by atoms with Crippen LogP contribution in [0.5, 0.6) is 0 Å². The van der Waals surface area contributed by atoms with E-state index < -0.39 is 28.5 Å². The summed E-state index contributed by atoms with van der Waals surface area (Å²) in [6.07, 6.45) is 0.227. The second kappa shape index (κ2) is 14.6. The first-order valence-corrected chi connectivity index (χ1v) is 16.0. The Labute approximate surface area is 263 Å². The minimum Gasteiger partial charge on any atom is -0.355 e. The molecule has 10 heteroatoms. The number of hydrogen-bond acceptors (Lipinski definition) is 4. The Balaban J connectivity index is 1.79. The van der Waals surface area contributed by atoms with Crippen molar-refractivity contribution in [2.24, 2.45) is 0 Å². The number of nitrogens with zero attached hydrogens (tertiary/aromatic N) is 2. The van der Waals surface area contributed by atoms with E-state index in [9.17, 15) is 18.0 Å². The summed E-state index contributed by atoms with van der Waals surface area (Å²) in [7, 11) is -4.19. The quantitative estimate of drug-likeness (QED) is 0.198. The van der Waals surface area contributed by atoms with E-state index in [0.29, 0.717) is 22.2 Å². The average molecular weight is 639 g/mol. The van der Waals surface area contributed by atoms with Crippen LogP contribution in [0.1, 0.15) is 23.6 Å². The van der Waals surface area contributed by atoms with Crippen LogP contribution in [0.25, 0.3) is 0 Å². The summed E-state index contributed by atoms with van der Waals surface area (Å²) in [6.45, 7) is 3.51. The van der Waals surface area contributed by atoms with Crippen molar-refractivity contribution in [1.82, 2.24) is 10.2 Å². The van der Waals surface area contributed by atoms with Crippen molar-refractivity contribution in [3.8, 4) is 0 Å². The maximum absolute atomic E-state index is 14.3. The molecule has 0 bridgehead atoms. The molecule has 0 aliphatic carbocycles. The Kier molecular flexibility index (Phi) is 10.9. The SMILES string of the molecule is CCNC(=O)C(Cc1ccccc1)N(Cc1cccc(Cl)c1)C(=O)CN(c1ccc(Cl)cc1)S(=O)(=O)c1ccc(C)cc1. The van der Waals surface area contributed by atoms with Crippen molar-refractivity contribution in [1.29, 1.82) is 0 Å². The van der Waals surface area contributed by atoms with E-state index in [1.165, 1.54) is 17.0 Å². The zero-order chi connectivity index (χ0) is 31.0. The first-order chi connectivity index (χ1) is 20.6. The Morgan fingerprint density at radius 2 is 1.47 bits per heavy atom. The summed E-state index contributed by atoms with van der Waals surface area (Å²) in [5, 5.41) is 3.75. The van der Waals surface area contributed by atoms with E-state index in [2.05, 4.69) is 5.32 Å². The third-order valence-corrected chi connectivity index (χ3v) is 9.14. The van der Waals surface area contributed by atoms with Crippen LogP contribution in [0.4, 0.5) is 5.69 Å². The van der Waals surface area contributed by atoms with Crippen LogP contribution in [-0.4, -0.2) is 44.3 Å². The first kappa shape index (κ1) is 32.1. The van der Waals surface area contributed by atoms with Gasteiger partial charge in [0.2, 0.25) is 11.8 Å². The summed E-state index contributed by atoms with van der Waals surface area (Å²) in [5.41, 5.74) is 2.71. The highest BCUT2D eigenvalue weighted by Gasteiger charge is 2.34. The molecule has 0 aromatic heterocycles. The number of rotatable bonds is 12. The number of nitrogens with one attached hydrogen (secondary N) is 1. The number of carbonyl (C=O) groups is 2. The van der Waals surface area contributed by atoms with Gasteiger partial charge in [0.15, 0.2) is 0 Å². The lowest BCUT2D eigenvalue weighted by Crippen LogP contribution is -2.53. The van der Waals surface area contributed by atoms with E-state index in [0.717, 1.165) is 15.4 Å². The molecule has 0 spiro atoms. The second-order valence-electron chi connectivity index (χ2n) is 10.1. The van der Waals surface area contributed by atoms with E-state index in [1.54, 1.807) is 61.5 Å². The molecule has 1 N–H and O–H groups in total. The topological polar surface area (TPSA) is 86.8 Å². The Morgan fingerprint density at radius 3 is 2.09 bits per heavy atom. The average Bonchev–Trinajstić information content (AvgIpc) is 2.99. The molecule has 0 radical (unpaired) electrons. The minimum atomic E-state index is -4.19. The van der Waals surface area contributed by atoms with E-state index in [1.807, 2.05) is 43.3 Å². The van der Waals surface area contributed by atoms with Crippen molar-refractivity contribution >= 4 is 50.7 Å². The second-order valence-corrected chi connectivity index (χ2v) is 12.8. The van der Waals surface area contributed by atoms with Gasteiger partial charge in [-0.1, -0.05) is 83.4 Å². The lowest BCUT2D eigenvalue weighted by atomic mass is 10.0. The van der Waals surface area contributed by atoms with Crippen LogP contribution in [-0.2, 0) is 32.6 Å².